The molecule has 1 aromatic carbocycles. The van der Waals surface area contributed by atoms with Gasteiger partial charge in [-0.2, -0.15) is 0 Å². The molecule has 0 bridgehead atoms. The van der Waals surface area contributed by atoms with Crippen molar-refractivity contribution in [3.8, 4) is 22.9 Å². The highest BCUT2D eigenvalue weighted by Crippen LogP contribution is 2.35. The van der Waals surface area contributed by atoms with Crippen molar-refractivity contribution in [3.05, 3.63) is 35.4 Å². The molecule has 1 aliphatic rings. The Morgan fingerprint density at radius 2 is 2.11 bits per heavy atom. The average Bonchev–Trinajstić information content (AvgIpc) is 3.12. The van der Waals surface area contributed by atoms with Crippen LogP contribution in [0.25, 0.3) is 11.4 Å². The quantitative estimate of drug-likeness (QED) is 0.716. The lowest BCUT2D eigenvalue weighted by Crippen LogP contribution is -2.09. The summed E-state index contributed by atoms with van der Waals surface area (Å²) in [5, 5.41) is 19.1. The first-order valence-corrected chi connectivity index (χ1v) is 8.84. The summed E-state index contributed by atoms with van der Waals surface area (Å²) in [4.78, 5) is 8.71. The zero-order valence-corrected chi connectivity index (χ0v) is 15.3. The third-order valence-corrected chi connectivity index (χ3v) is 4.31. The Morgan fingerprint density at radius 3 is 2.74 bits per heavy atom. The van der Waals surface area contributed by atoms with Crippen molar-refractivity contribution < 1.29 is 28.6 Å². The minimum absolute atomic E-state index is 0.138. The predicted octanol–water partition coefficient (Wildman–Crippen LogP) is 2.17. The summed E-state index contributed by atoms with van der Waals surface area (Å²) in [5.41, 5.74) is 1.10. The number of hydrogen-bond donors (Lipinski definition) is 2. The maximum atomic E-state index is 14.7. The minimum atomic E-state index is -0.849. The fourth-order valence-electron chi connectivity index (χ4n) is 2.93. The zero-order chi connectivity index (χ0) is 19.4. The molecule has 9 heteroatoms. The lowest BCUT2D eigenvalue weighted by molar-refractivity contribution is 0.275. The van der Waals surface area contributed by atoms with Crippen LogP contribution in [0.15, 0.2) is 18.2 Å². The number of aromatic nitrogens is 2. The third kappa shape index (κ3) is 4.37. The molecule has 0 saturated carbocycles. The molecule has 1 fully saturated rings. The molecular formula is C18H22BFN2O5. The molecule has 1 saturated heterocycles. The summed E-state index contributed by atoms with van der Waals surface area (Å²) in [6.07, 6.45) is 1.18. The monoisotopic (exact) mass is 376 g/mol. The summed E-state index contributed by atoms with van der Waals surface area (Å²) in [7, 11) is 0.595. The van der Waals surface area contributed by atoms with Crippen LogP contribution in [0.1, 0.15) is 30.7 Å². The van der Waals surface area contributed by atoms with Crippen molar-refractivity contribution >= 4 is 7.12 Å². The Morgan fingerprint density at radius 1 is 1.30 bits per heavy atom. The van der Waals surface area contributed by atoms with Gasteiger partial charge < -0.3 is 24.3 Å². The van der Waals surface area contributed by atoms with Crippen LogP contribution in [0, 0.1) is 5.82 Å². The first-order valence-electron chi connectivity index (χ1n) is 8.84. The molecule has 27 heavy (non-hydrogen) atoms. The van der Waals surface area contributed by atoms with E-state index < -0.39 is 12.9 Å². The molecule has 1 aliphatic heterocycles. The van der Waals surface area contributed by atoms with Crippen LogP contribution < -0.4 is 9.47 Å². The van der Waals surface area contributed by atoms with Gasteiger partial charge in [0.05, 0.1) is 31.6 Å². The van der Waals surface area contributed by atoms with E-state index in [1.807, 2.05) is 6.92 Å². The molecule has 0 spiro atoms. The second kappa shape index (κ2) is 8.64. The molecule has 0 amide bonds. The Kier molecular flexibility index (Phi) is 6.25. The first kappa shape index (κ1) is 19.5. The van der Waals surface area contributed by atoms with Gasteiger partial charge >= 0.3 is 7.12 Å². The second-order valence-electron chi connectivity index (χ2n) is 6.32. The fourth-order valence-corrected chi connectivity index (χ4v) is 2.93. The Labute approximate surface area is 157 Å². The molecular weight excluding hydrogens is 354 g/mol. The number of ether oxygens (including phenoxy) is 2. The van der Waals surface area contributed by atoms with Gasteiger partial charge in [0.25, 0.3) is 0 Å². The summed E-state index contributed by atoms with van der Waals surface area (Å²) in [6, 6.07) is 4.38. The van der Waals surface area contributed by atoms with Crippen LogP contribution >= 0.6 is 0 Å². The Hall–Kier alpha value is -2.23. The van der Waals surface area contributed by atoms with Gasteiger partial charge in [-0.1, -0.05) is 6.92 Å². The number of aliphatic hydroxyl groups excluding tert-OH is 1. The van der Waals surface area contributed by atoms with Gasteiger partial charge in [0, 0.05) is 24.3 Å². The van der Waals surface area contributed by atoms with Crippen LogP contribution in [0.5, 0.6) is 11.5 Å². The minimum Gasteiger partial charge on any atom is -0.493 e. The van der Waals surface area contributed by atoms with Crippen LogP contribution in [0.2, 0.25) is 6.32 Å². The summed E-state index contributed by atoms with van der Waals surface area (Å²) < 4.78 is 30.7. The largest absolute Gasteiger partial charge is 0.493 e. The topological polar surface area (TPSA) is 93.9 Å². The highest BCUT2D eigenvalue weighted by atomic mass is 19.1. The van der Waals surface area contributed by atoms with Gasteiger partial charge in [0.1, 0.15) is 5.82 Å². The van der Waals surface area contributed by atoms with E-state index in [9.17, 15) is 14.5 Å². The van der Waals surface area contributed by atoms with Crippen LogP contribution in [0.4, 0.5) is 4.39 Å². The number of rotatable bonds is 7. The summed E-state index contributed by atoms with van der Waals surface area (Å²) in [6.45, 7) is 2.42. The number of aliphatic hydroxyl groups is 1. The Balaban J connectivity index is 2.04. The van der Waals surface area contributed by atoms with E-state index in [4.69, 9.17) is 14.1 Å². The van der Waals surface area contributed by atoms with Gasteiger partial charge in [0.15, 0.2) is 17.3 Å². The van der Waals surface area contributed by atoms with Gasteiger partial charge in [0.2, 0.25) is 0 Å². The number of benzene rings is 1. The van der Waals surface area contributed by atoms with Crippen molar-refractivity contribution in [1.29, 1.82) is 0 Å². The van der Waals surface area contributed by atoms with E-state index >= 15 is 0 Å². The lowest BCUT2D eigenvalue weighted by Gasteiger charge is -2.14. The van der Waals surface area contributed by atoms with Gasteiger partial charge in [-0.15, -0.1) is 0 Å². The fraction of sp³-hybridized carbons (Fsp3) is 0.444. The maximum Gasteiger partial charge on any atom is 0.454 e. The van der Waals surface area contributed by atoms with Crippen LogP contribution in [-0.2, 0) is 11.3 Å². The molecule has 3 rings (SSSR count). The van der Waals surface area contributed by atoms with Crippen molar-refractivity contribution in [2.45, 2.75) is 32.2 Å². The van der Waals surface area contributed by atoms with Gasteiger partial charge in [-0.05, 0) is 24.9 Å². The lowest BCUT2D eigenvalue weighted by atomic mass is 9.81. The molecule has 0 radical (unpaired) electrons. The smallest absolute Gasteiger partial charge is 0.454 e. The molecule has 2 aromatic rings. The van der Waals surface area contributed by atoms with Crippen molar-refractivity contribution in [3.63, 3.8) is 0 Å². The maximum absolute atomic E-state index is 14.7. The highest BCUT2D eigenvalue weighted by Gasteiger charge is 2.31. The molecule has 0 unspecified atom stereocenters. The molecule has 2 heterocycles. The molecule has 7 nitrogen and oxygen atoms in total. The van der Waals surface area contributed by atoms with Crippen molar-refractivity contribution in [2.24, 2.45) is 0 Å². The van der Waals surface area contributed by atoms with Gasteiger partial charge in [-0.3, -0.25) is 0 Å². The number of halogens is 1. The van der Waals surface area contributed by atoms with E-state index in [2.05, 4.69) is 9.97 Å². The second-order valence-corrected chi connectivity index (χ2v) is 6.32. The molecule has 0 aliphatic carbocycles. The Bertz CT molecular complexity index is 808. The van der Waals surface area contributed by atoms with Crippen LogP contribution in [0.3, 0.4) is 0 Å². The first-order chi connectivity index (χ1) is 13.0. The number of methoxy groups -OCH3 is 1. The summed E-state index contributed by atoms with van der Waals surface area (Å²) >= 11 is 0. The number of hydrogen-bond acceptors (Lipinski definition) is 7. The third-order valence-electron chi connectivity index (χ3n) is 4.31. The predicted molar refractivity (Wildman–Crippen MR) is 97.2 cm³/mol. The molecule has 1 aromatic heterocycles. The molecule has 1 atom stereocenters. The van der Waals surface area contributed by atoms with E-state index in [0.717, 1.165) is 6.42 Å². The average molecular weight is 376 g/mol. The standard InChI is InChI=1S/C18H22BFN2O5/c1-3-4-26-17-6-13(14(20)7-16(17)25-2)18-21-12(9-23)5-15(22-18)11-8-19(24)27-10-11/h5-7,11,23-24H,3-4,8-10H2,1-2H3/t11-/m0/s1. The highest BCUT2D eigenvalue weighted by molar-refractivity contribution is 6.43. The normalized spacial score (nSPS) is 16.6. The van der Waals surface area contributed by atoms with E-state index in [1.165, 1.54) is 19.2 Å². The van der Waals surface area contributed by atoms with E-state index in [-0.39, 0.29) is 29.7 Å². The van der Waals surface area contributed by atoms with E-state index in [1.54, 1.807) is 6.07 Å². The summed E-state index contributed by atoms with van der Waals surface area (Å²) in [5.74, 6) is 0.119. The zero-order valence-electron chi connectivity index (χ0n) is 15.3. The molecule has 2 N–H and O–H groups in total. The van der Waals surface area contributed by atoms with Crippen molar-refractivity contribution in [2.75, 3.05) is 20.3 Å². The van der Waals surface area contributed by atoms with Gasteiger partial charge in [-0.25, -0.2) is 14.4 Å². The van der Waals surface area contributed by atoms with Crippen molar-refractivity contribution in [1.82, 2.24) is 9.97 Å². The SMILES string of the molecule is CCCOc1cc(-c2nc(CO)cc([C@@H]3COB(O)C3)n2)c(F)cc1OC. The molecule has 144 valence electrons. The van der Waals surface area contributed by atoms with E-state index in [0.29, 0.717) is 36.7 Å². The number of nitrogens with zero attached hydrogens (tertiary/aromatic N) is 2. The van der Waals surface area contributed by atoms with Crippen LogP contribution in [-0.4, -0.2) is 47.5 Å².